The largest absolute Gasteiger partial charge is 0.493 e. The molecule has 0 saturated carbocycles. The first kappa shape index (κ1) is 19.4. The first-order valence-corrected chi connectivity index (χ1v) is 10.4. The molecule has 3 heterocycles. The van der Waals surface area contributed by atoms with Crippen LogP contribution in [0.3, 0.4) is 0 Å². The fraction of sp³-hybridized carbons (Fsp3) is 0.400. The molecule has 8 nitrogen and oxygen atoms in total. The number of benzene rings is 1. The zero-order valence-corrected chi connectivity index (χ0v) is 17.3. The van der Waals surface area contributed by atoms with Crippen molar-refractivity contribution < 1.29 is 14.3 Å². The maximum absolute atomic E-state index is 13.0. The summed E-state index contributed by atoms with van der Waals surface area (Å²) in [6, 6.07) is 9.23. The lowest BCUT2D eigenvalue weighted by atomic mass is 9.97. The Kier molecular flexibility index (Phi) is 5.75. The van der Waals surface area contributed by atoms with Crippen molar-refractivity contribution in [1.29, 1.82) is 0 Å². The Bertz CT molecular complexity index is 972. The number of carbonyl (C=O) groups is 1. The molecule has 1 aliphatic rings. The van der Waals surface area contributed by atoms with Crippen molar-refractivity contribution in [1.82, 2.24) is 25.1 Å². The number of aromatic nitrogens is 4. The number of amides is 1. The second-order valence-corrected chi connectivity index (χ2v) is 7.92. The van der Waals surface area contributed by atoms with Crippen molar-refractivity contribution in [3.63, 3.8) is 0 Å². The molecule has 29 heavy (non-hydrogen) atoms. The molecule has 0 bridgehead atoms. The zero-order valence-electron chi connectivity index (χ0n) is 16.4. The van der Waals surface area contributed by atoms with Crippen molar-refractivity contribution in [2.75, 3.05) is 27.3 Å². The van der Waals surface area contributed by atoms with Gasteiger partial charge in [-0.1, -0.05) is 6.07 Å². The van der Waals surface area contributed by atoms with Gasteiger partial charge in [0, 0.05) is 18.7 Å². The van der Waals surface area contributed by atoms with Gasteiger partial charge in [-0.25, -0.2) is 0 Å². The van der Waals surface area contributed by atoms with Crippen molar-refractivity contribution in [2.45, 2.75) is 19.4 Å². The Balaban J connectivity index is 1.42. The van der Waals surface area contributed by atoms with Gasteiger partial charge in [-0.15, -0.1) is 21.5 Å². The van der Waals surface area contributed by atoms with Gasteiger partial charge in [0.05, 0.1) is 25.6 Å². The summed E-state index contributed by atoms with van der Waals surface area (Å²) in [5.74, 6) is 2.10. The highest BCUT2D eigenvalue weighted by Crippen LogP contribution is 2.29. The molecule has 0 unspecified atom stereocenters. The van der Waals surface area contributed by atoms with E-state index in [0.717, 1.165) is 24.3 Å². The summed E-state index contributed by atoms with van der Waals surface area (Å²) in [5, 5.41) is 14.8. The first-order valence-electron chi connectivity index (χ1n) is 9.51. The molecule has 3 aromatic rings. The predicted octanol–water partition coefficient (Wildman–Crippen LogP) is 2.97. The van der Waals surface area contributed by atoms with Crippen LogP contribution in [-0.2, 0) is 6.54 Å². The van der Waals surface area contributed by atoms with E-state index in [1.54, 1.807) is 48.6 Å². The maximum atomic E-state index is 13.0. The van der Waals surface area contributed by atoms with E-state index in [4.69, 9.17) is 9.47 Å². The van der Waals surface area contributed by atoms with E-state index in [2.05, 4.69) is 15.4 Å². The lowest BCUT2D eigenvalue weighted by molar-refractivity contribution is 0.0655. The van der Waals surface area contributed by atoms with Crippen LogP contribution in [0.4, 0.5) is 0 Å². The summed E-state index contributed by atoms with van der Waals surface area (Å²) in [5.41, 5.74) is 0.599. The number of methoxy groups -OCH3 is 2. The number of thiophene rings is 1. The molecule has 1 aliphatic heterocycles. The van der Waals surface area contributed by atoms with E-state index in [9.17, 15) is 4.79 Å². The lowest BCUT2D eigenvalue weighted by Gasteiger charge is -2.32. The molecule has 2 aromatic heterocycles. The van der Waals surface area contributed by atoms with Gasteiger partial charge < -0.3 is 14.4 Å². The van der Waals surface area contributed by atoms with E-state index in [0.29, 0.717) is 41.9 Å². The summed E-state index contributed by atoms with van der Waals surface area (Å²) in [6.07, 6.45) is 1.99. The summed E-state index contributed by atoms with van der Waals surface area (Å²) < 4.78 is 10.6. The molecule has 0 radical (unpaired) electrons. The zero-order chi connectivity index (χ0) is 20.2. The Morgan fingerprint density at radius 2 is 2.10 bits per heavy atom. The van der Waals surface area contributed by atoms with Gasteiger partial charge in [0.2, 0.25) is 5.82 Å². The third kappa shape index (κ3) is 4.24. The quantitative estimate of drug-likeness (QED) is 0.618. The molecular formula is C20H23N5O3S. The Morgan fingerprint density at radius 1 is 1.24 bits per heavy atom. The molecule has 4 rings (SSSR count). The molecule has 0 N–H and O–H groups in total. The second kappa shape index (κ2) is 8.60. The van der Waals surface area contributed by atoms with Crippen molar-refractivity contribution in [2.24, 2.45) is 5.92 Å². The van der Waals surface area contributed by atoms with Crippen molar-refractivity contribution in [3.05, 3.63) is 41.3 Å². The molecule has 152 valence electrons. The SMILES string of the molecule is COc1ccc(C(=O)N2CCC[C@H](Cn3nnc(-c4cccs4)n3)C2)cc1OC. The van der Waals surface area contributed by atoms with Crippen LogP contribution in [0.1, 0.15) is 23.2 Å². The number of hydrogen-bond acceptors (Lipinski definition) is 7. The minimum atomic E-state index is 0.00137. The molecule has 1 atom stereocenters. The third-order valence-corrected chi connectivity index (χ3v) is 5.92. The number of likely N-dealkylation sites (tertiary alicyclic amines) is 1. The lowest BCUT2D eigenvalue weighted by Crippen LogP contribution is -2.41. The van der Waals surface area contributed by atoms with Crippen LogP contribution >= 0.6 is 11.3 Å². The molecule has 1 saturated heterocycles. The third-order valence-electron chi connectivity index (χ3n) is 5.05. The number of hydrogen-bond donors (Lipinski definition) is 0. The van der Waals surface area contributed by atoms with Gasteiger partial charge >= 0.3 is 0 Å². The Hall–Kier alpha value is -2.94. The summed E-state index contributed by atoms with van der Waals surface area (Å²) in [6.45, 7) is 2.06. The van der Waals surface area contributed by atoms with Crippen LogP contribution in [0, 0.1) is 5.92 Å². The second-order valence-electron chi connectivity index (χ2n) is 6.97. The van der Waals surface area contributed by atoms with Gasteiger partial charge in [0.15, 0.2) is 11.5 Å². The normalized spacial score (nSPS) is 16.6. The fourth-order valence-corrected chi connectivity index (χ4v) is 4.25. The van der Waals surface area contributed by atoms with Crippen molar-refractivity contribution >= 4 is 17.2 Å². The van der Waals surface area contributed by atoms with Gasteiger partial charge in [0.25, 0.3) is 5.91 Å². The van der Waals surface area contributed by atoms with E-state index in [-0.39, 0.29) is 5.91 Å². The van der Waals surface area contributed by atoms with Crippen LogP contribution in [-0.4, -0.2) is 58.3 Å². The van der Waals surface area contributed by atoms with Gasteiger partial charge in [0.1, 0.15) is 0 Å². The smallest absolute Gasteiger partial charge is 0.254 e. The Morgan fingerprint density at radius 3 is 2.86 bits per heavy atom. The van der Waals surface area contributed by atoms with Gasteiger partial charge in [-0.05, 0) is 53.6 Å². The Labute approximate surface area is 173 Å². The van der Waals surface area contributed by atoms with Crippen LogP contribution in [0.5, 0.6) is 11.5 Å². The standard InChI is InChI=1S/C20H23N5O3S/c1-27-16-8-7-15(11-17(16)28-2)20(26)24-9-3-5-14(12-24)13-25-22-19(21-23-25)18-6-4-10-29-18/h4,6-8,10-11,14H,3,5,9,12-13H2,1-2H3/t14-/m0/s1. The highest BCUT2D eigenvalue weighted by molar-refractivity contribution is 7.13. The van der Waals surface area contributed by atoms with Crippen molar-refractivity contribution in [3.8, 4) is 22.2 Å². The number of ether oxygens (including phenoxy) is 2. The number of rotatable bonds is 6. The van der Waals surface area contributed by atoms with Gasteiger partial charge in [-0.3, -0.25) is 4.79 Å². The van der Waals surface area contributed by atoms with Crippen LogP contribution in [0.25, 0.3) is 10.7 Å². The average Bonchev–Trinajstić information content (AvgIpc) is 3.45. The summed E-state index contributed by atoms with van der Waals surface area (Å²) >= 11 is 1.59. The van der Waals surface area contributed by atoms with E-state index >= 15 is 0 Å². The number of nitrogens with zero attached hydrogens (tertiary/aromatic N) is 5. The van der Waals surface area contributed by atoms with Crippen LogP contribution < -0.4 is 9.47 Å². The average molecular weight is 414 g/mol. The molecule has 0 spiro atoms. The highest BCUT2D eigenvalue weighted by Gasteiger charge is 2.26. The number of piperidine rings is 1. The molecule has 0 aliphatic carbocycles. The van der Waals surface area contributed by atoms with Gasteiger partial charge in [-0.2, -0.15) is 4.80 Å². The fourth-order valence-electron chi connectivity index (χ4n) is 3.61. The van der Waals surface area contributed by atoms with E-state index < -0.39 is 0 Å². The monoisotopic (exact) mass is 413 g/mol. The molecular weight excluding hydrogens is 390 g/mol. The maximum Gasteiger partial charge on any atom is 0.254 e. The predicted molar refractivity (Wildman–Crippen MR) is 109 cm³/mol. The molecule has 1 fully saturated rings. The highest BCUT2D eigenvalue weighted by atomic mass is 32.1. The van der Waals surface area contributed by atoms with Crippen LogP contribution in [0.2, 0.25) is 0 Å². The number of carbonyl (C=O) groups excluding carboxylic acids is 1. The minimum absolute atomic E-state index is 0.00137. The topological polar surface area (TPSA) is 82.4 Å². The molecule has 1 amide bonds. The summed E-state index contributed by atoms with van der Waals surface area (Å²) in [7, 11) is 3.15. The molecule has 9 heteroatoms. The minimum Gasteiger partial charge on any atom is -0.493 e. The first-order chi connectivity index (χ1) is 14.2. The van der Waals surface area contributed by atoms with Crippen LogP contribution in [0.15, 0.2) is 35.7 Å². The van der Waals surface area contributed by atoms with E-state index in [1.165, 1.54) is 0 Å². The van der Waals surface area contributed by atoms with E-state index in [1.807, 2.05) is 22.4 Å². The summed E-state index contributed by atoms with van der Waals surface area (Å²) in [4.78, 5) is 17.5. The molecule has 1 aromatic carbocycles. The number of tetrazole rings is 1.